The van der Waals surface area contributed by atoms with E-state index in [-0.39, 0.29) is 11.0 Å². The van der Waals surface area contributed by atoms with Crippen LogP contribution in [0.1, 0.15) is 32.2 Å². The summed E-state index contributed by atoms with van der Waals surface area (Å²) in [6, 6.07) is 5.78. The van der Waals surface area contributed by atoms with E-state index in [2.05, 4.69) is 30.7 Å². The molecule has 0 saturated carbocycles. The SMILES string of the molecule is COc1ccc(-c2cnc(C)[nH]c2=O)cc1C(C)(C)C. The lowest BCUT2D eigenvalue weighted by Gasteiger charge is -2.22. The molecule has 4 nitrogen and oxygen atoms in total. The molecule has 0 fully saturated rings. The molecule has 0 unspecified atom stereocenters. The molecule has 1 aromatic carbocycles. The van der Waals surface area contributed by atoms with Crippen LogP contribution >= 0.6 is 0 Å². The second kappa shape index (κ2) is 5.12. The third kappa shape index (κ3) is 2.74. The van der Waals surface area contributed by atoms with E-state index in [4.69, 9.17) is 4.74 Å². The Labute approximate surface area is 118 Å². The molecule has 4 heteroatoms. The Bertz CT molecular complexity index is 682. The molecule has 0 saturated heterocycles. The molecule has 0 spiro atoms. The second-order valence-electron chi connectivity index (χ2n) is 5.88. The van der Waals surface area contributed by atoms with Crippen LogP contribution in [0.2, 0.25) is 0 Å². The Morgan fingerprint density at radius 2 is 1.95 bits per heavy atom. The third-order valence-corrected chi connectivity index (χ3v) is 3.24. The molecule has 1 aromatic heterocycles. The van der Waals surface area contributed by atoms with Crippen molar-refractivity contribution in [3.05, 3.63) is 46.1 Å². The van der Waals surface area contributed by atoms with Crippen molar-refractivity contribution in [2.75, 3.05) is 7.11 Å². The Balaban J connectivity index is 2.62. The lowest BCUT2D eigenvalue weighted by molar-refractivity contribution is 0.397. The number of aryl methyl sites for hydroxylation is 1. The van der Waals surface area contributed by atoms with Crippen molar-refractivity contribution in [1.82, 2.24) is 9.97 Å². The average Bonchev–Trinajstić information content (AvgIpc) is 2.37. The van der Waals surface area contributed by atoms with Crippen LogP contribution in [0.4, 0.5) is 0 Å². The van der Waals surface area contributed by atoms with Gasteiger partial charge in [0.25, 0.3) is 5.56 Å². The summed E-state index contributed by atoms with van der Waals surface area (Å²) in [5.74, 6) is 1.45. The molecular formula is C16H20N2O2. The van der Waals surface area contributed by atoms with E-state index in [1.165, 1.54) is 0 Å². The number of hydrogen-bond donors (Lipinski definition) is 1. The molecule has 20 heavy (non-hydrogen) atoms. The highest BCUT2D eigenvalue weighted by Gasteiger charge is 2.20. The molecule has 0 aliphatic carbocycles. The van der Waals surface area contributed by atoms with E-state index in [1.807, 2.05) is 18.2 Å². The van der Waals surface area contributed by atoms with Gasteiger partial charge in [0.2, 0.25) is 0 Å². The first-order valence-electron chi connectivity index (χ1n) is 6.58. The Morgan fingerprint density at radius 3 is 2.50 bits per heavy atom. The summed E-state index contributed by atoms with van der Waals surface area (Å²) in [6.45, 7) is 8.12. The molecule has 1 N–H and O–H groups in total. The van der Waals surface area contributed by atoms with Gasteiger partial charge in [-0.15, -0.1) is 0 Å². The van der Waals surface area contributed by atoms with Crippen LogP contribution in [0.25, 0.3) is 11.1 Å². The van der Waals surface area contributed by atoms with Crippen molar-refractivity contribution >= 4 is 0 Å². The predicted octanol–water partition coefficient (Wildman–Crippen LogP) is 3.05. The molecule has 0 bridgehead atoms. The van der Waals surface area contributed by atoms with Crippen molar-refractivity contribution in [3.63, 3.8) is 0 Å². The molecule has 0 atom stereocenters. The number of ether oxygens (including phenoxy) is 1. The van der Waals surface area contributed by atoms with Gasteiger partial charge in [-0.3, -0.25) is 4.79 Å². The fourth-order valence-corrected chi connectivity index (χ4v) is 2.15. The monoisotopic (exact) mass is 272 g/mol. The van der Waals surface area contributed by atoms with Gasteiger partial charge in [-0.25, -0.2) is 4.98 Å². The van der Waals surface area contributed by atoms with Gasteiger partial charge in [-0.05, 0) is 30.0 Å². The topological polar surface area (TPSA) is 55.0 Å². The molecule has 0 aliphatic heterocycles. The summed E-state index contributed by atoms with van der Waals surface area (Å²) in [5, 5.41) is 0. The van der Waals surface area contributed by atoms with E-state index in [0.717, 1.165) is 16.9 Å². The fourth-order valence-electron chi connectivity index (χ4n) is 2.15. The molecule has 2 aromatic rings. The number of hydrogen-bond acceptors (Lipinski definition) is 3. The van der Waals surface area contributed by atoms with Gasteiger partial charge in [-0.2, -0.15) is 0 Å². The van der Waals surface area contributed by atoms with Crippen molar-refractivity contribution in [2.24, 2.45) is 0 Å². The van der Waals surface area contributed by atoms with Crippen LogP contribution in [-0.4, -0.2) is 17.1 Å². The molecule has 0 aliphatic rings. The van der Waals surface area contributed by atoms with Crippen LogP contribution in [0.3, 0.4) is 0 Å². The van der Waals surface area contributed by atoms with E-state index in [9.17, 15) is 4.79 Å². The molecule has 0 radical (unpaired) electrons. The Morgan fingerprint density at radius 1 is 1.25 bits per heavy atom. The van der Waals surface area contributed by atoms with Crippen molar-refractivity contribution < 1.29 is 4.74 Å². The minimum absolute atomic E-state index is 0.0633. The maximum Gasteiger partial charge on any atom is 0.258 e. The first-order valence-corrected chi connectivity index (χ1v) is 6.58. The molecule has 1 heterocycles. The summed E-state index contributed by atoms with van der Waals surface area (Å²) in [7, 11) is 1.66. The largest absolute Gasteiger partial charge is 0.496 e. The third-order valence-electron chi connectivity index (χ3n) is 3.24. The van der Waals surface area contributed by atoms with E-state index in [0.29, 0.717) is 11.4 Å². The van der Waals surface area contributed by atoms with Gasteiger partial charge < -0.3 is 9.72 Å². The van der Waals surface area contributed by atoms with Gasteiger partial charge in [0, 0.05) is 11.8 Å². The number of methoxy groups -OCH3 is 1. The fraction of sp³-hybridized carbons (Fsp3) is 0.375. The zero-order valence-electron chi connectivity index (χ0n) is 12.6. The van der Waals surface area contributed by atoms with Gasteiger partial charge in [0.05, 0.1) is 12.7 Å². The number of H-pyrrole nitrogens is 1. The molecule has 0 amide bonds. The van der Waals surface area contributed by atoms with E-state index in [1.54, 1.807) is 20.2 Å². The minimum atomic E-state index is -0.123. The highest BCUT2D eigenvalue weighted by atomic mass is 16.5. The van der Waals surface area contributed by atoms with Crippen LogP contribution < -0.4 is 10.3 Å². The van der Waals surface area contributed by atoms with Crippen LogP contribution in [0.15, 0.2) is 29.2 Å². The van der Waals surface area contributed by atoms with Gasteiger partial charge in [0.15, 0.2) is 0 Å². The Hall–Kier alpha value is -2.10. The average molecular weight is 272 g/mol. The second-order valence-corrected chi connectivity index (χ2v) is 5.88. The number of benzene rings is 1. The normalized spacial score (nSPS) is 11.4. The molecule has 106 valence electrons. The summed E-state index contributed by atoms with van der Waals surface area (Å²) in [6.07, 6.45) is 1.61. The van der Waals surface area contributed by atoms with Crippen molar-refractivity contribution in [3.8, 4) is 16.9 Å². The summed E-state index contributed by atoms with van der Waals surface area (Å²) >= 11 is 0. The van der Waals surface area contributed by atoms with Crippen LogP contribution in [0.5, 0.6) is 5.75 Å². The zero-order valence-corrected chi connectivity index (χ0v) is 12.6. The lowest BCUT2D eigenvalue weighted by Crippen LogP contribution is -2.15. The smallest absolute Gasteiger partial charge is 0.258 e. The van der Waals surface area contributed by atoms with Crippen LogP contribution in [-0.2, 0) is 5.41 Å². The summed E-state index contributed by atoms with van der Waals surface area (Å²) in [5.41, 5.74) is 2.31. The number of aromatic amines is 1. The zero-order chi connectivity index (χ0) is 14.9. The van der Waals surface area contributed by atoms with Crippen LogP contribution in [0, 0.1) is 6.92 Å². The standard InChI is InChI=1S/C16H20N2O2/c1-10-17-9-12(15(19)18-10)11-6-7-14(20-5)13(8-11)16(2,3)4/h6-9H,1-5H3,(H,17,18,19). The lowest BCUT2D eigenvalue weighted by atomic mass is 9.85. The van der Waals surface area contributed by atoms with E-state index < -0.39 is 0 Å². The number of rotatable bonds is 2. The van der Waals surface area contributed by atoms with E-state index >= 15 is 0 Å². The first-order chi connectivity index (χ1) is 9.32. The highest BCUT2D eigenvalue weighted by Crippen LogP contribution is 2.34. The number of aromatic nitrogens is 2. The Kier molecular flexibility index (Phi) is 3.66. The highest BCUT2D eigenvalue weighted by molar-refractivity contribution is 5.64. The van der Waals surface area contributed by atoms with Gasteiger partial charge in [-0.1, -0.05) is 26.8 Å². The summed E-state index contributed by atoms with van der Waals surface area (Å²) < 4.78 is 5.41. The predicted molar refractivity (Wildman–Crippen MR) is 80.3 cm³/mol. The first kappa shape index (κ1) is 14.3. The number of nitrogens with zero attached hydrogens (tertiary/aromatic N) is 1. The maximum absolute atomic E-state index is 12.0. The van der Waals surface area contributed by atoms with Crippen molar-refractivity contribution in [2.45, 2.75) is 33.1 Å². The van der Waals surface area contributed by atoms with Gasteiger partial charge >= 0.3 is 0 Å². The number of nitrogens with one attached hydrogen (secondary N) is 1. The molecule has 2 rings (SSSR count). The summed E-state index contributed by atoms with van der Waals surface area (Å²) in [4.78, 5) is 18.9. The maximum atomic E-state index is 12.0. The van der Waals surface area contributed by atoms with Crippen molar-refractivity contribution in [1.29, 1.82) is 0 Å². The molecular weight excluding hydrogens is 252 g/mol. The quantitative estimate of drug-likeness (QED) is 0.914. The van der Waals surface area contributed by atoms with Gasteiger partial charge in [0.1, 0.15) is 11.6 Å². The minimum Gasteiger partial charge on any atom is -0.496 e.